The lowest BCUT2D eigenvalue weighted by Gasteiger charge is -2.22. The van der Waals surface area contributed by atoms with Gasteiger partial charge in [0, 0.05) is 24.0 Å². The predicted molar refractivity (Wildman–Crippen MR) is 94.4 cm³/mol. The largest absolute Gasteiger partial charge is 0.335 e. The molecule has 0 heterocycles. The summed E-state index contributed by atoms with van der Waals surface area (Å²) < 4.78 is 0. The van der Waals surface area contributed by atoms with Gasteiger partial charge in [-0.15, -0.1) is 12.4 Å². The van der Waals surface area contributed by atoms with Gasteiger partial charge in [0.25, 0.3) is 0 Å². The van der Waals surface area contributed by atoms with Crippen molar-refractivity contribution in [2.24, 2.45) is 5.73 Å². The Morgan fingerprint density at radius 3 is 2.36 bits per heavy atom. The Kier molecular flexibility index (Phi) is 8.84. The SMILES string of the molecule is Cl.NCCCCCCC(=O)N(Cc1ccc(Cl)cc1)C1CC1. The number of nitrogens with two attached hydrogens (primary N) is 1. The fourth-order valence-corrected chi connectivity index (χ4v) is 2.64. The Bertz CT molecular complexity index is 446. The topological polar surface area (TPSA) is 46.3 Å². The lowest BCUT2D eigenvalue weighted by atomic mass is 10.1. The van der Waals surface area contributed by atoms with Crippen molar-refractivity contribution < 1.29 is 4.79 Å². The van der Waals surface area contributed by atoms with Crippen molar-refractivity contribution >= 4 is 29.9 Å². The molecule has 0 unspecified atom stereocenters. The smallest absolute Gasteiger partial charge is 0.223 e. The quantitative estimate of drug-likeness (QED) is 0.683. The van der Waals surface area contributed by atoms with Gasteiger partial charge in [0.2, 0.25) is 5.91 Å². The Morgan fingerprint density at radius 2 is 1.77 bits per heavy atom. The molecule has 3 nitrogen and oxygen atoms in total. The third-order valence-electron chi connectivity index (χ3n) is 3.92. The van der Waals surface area contributed by atoms with Gasteiger partial charge in [-0.05, 0) is 49.9 Å². The number of halogens is 2. The summed E-state index contributed by atoms with van der Waals surface area (Å²) in [5, 5.41) is 0.739. The van der Waals surface area contributed by atoms with E-state index in [1.165, 1.54) is 0 Å². The van der Waals surface area contributed by atoms with Crippen LogP contribution in [0.1, 0.15) is 50.5 Å². The van der Waals surface area contributed by atoms with Crippen LogP contribution in [0, 0.1) is 0 Å². The van der Waals surface area contributed by atoms with Crippen LogP contribution in [0.25, 0.3) is 0 Å². The van der Waals surface area contributed by atoms with Crippen molar-refractivity contribution in [3.63, 3.8) is 0 Å². The van der Waals surface area contributed by atoms with E-state index in [-0.39, 0.29) is 12.4 Å². The van der Waals surface area contributed by atoms with E-state index < -0.39 is 0 Å². The third-order valence-corrected chi connectivity index (χ3v) is 4.17. The Hall–Kier alpha value is -0.770. The number of unbranched alkanes of at least 4 members (excludes halogenated alkanes) is 3. The van der Waals surface area contributed by atoms with E-state index in [1.807, 2.05) is 29.2 Å². The average molecular weight is 345 g/mol. The number of rotatable bonds is 9. The zero-order chi connectivity index (χ0) is 15.1. The van der Waals surface area contributed by atoms with Gasteiger partial charge >= 0.3 is 0 Å². The first-order valence-electron chi connectivity index (χ1n) is 7.94. The third kappa shape index (κ3) is 6.55. The van der Waals surface area contributed by atoms with Gasteiger partial charge in [0.1, 0.15) is 0 Å². The number of hydrogen-bond acceptors (Lipinski definition) is 2. The van der Waals surface area contributed by atoms with Crippen molar-refractivity contribution in [3.8, 4) is 0 Å². The number of nitrogens with zero attached hydrogens (tertiary/aromatic N) is 1. The van der Waals surface area contributed by atoms with E-state index in [4.69, 9.17) is 17.3 Å². The molecule has 0 saturated heterocycles. The van der Waals surface area contributed by atoms with Gasteiger partial charge in [-0.2, -0.15) is 0 Å². The highest BCUT2D eigenvalue weighted by molar-refractivity contribution is 6.30. The lowest BCUT2D eigenvalue weighted by molar-refractivity contribution is -0.132. The highest BCUT2D eigenvalue weighted by Gasteiger charge is 2.31. The standard InChI is InChI=1S/C17H25ClN2O.ClH/c18-15-8-6-14(7-9-15)13-20(16-10-11-16)17(21)5-3-1-2-4-12-19;/h6-9,16H,1-5,10-13,19H2;1H. The van der Waals surface area contributed by atoms with Gasteiger partial charge in [0.05, 0.1) is 0 Å². The molecule has 0 spiro atoms. The molecule has 1 aliphatic rings. The Morgan fingerprint density at radius 1 is 1.14 bits per heavy atom. The van der Waals surface area contributed by atoms with Gasteiger partial charge in [-0.3, -0.25) is 4.79 Å². The number of carbonyl (C=O) groups is 1. The van der Waals surface area contributed by atoms with E-state index in [0.29, 0.717) is 24.9 Å². The summed E-state index contributed by atoms with van der Waals surface area (Å²) in [6, 6.07) is 8.24. The van der Waals surface area contributed by atoms with Gasteiger partial charge in [-0.25, -0.2) is 0 Å². The fraction of sp³-hybridized carbons (Fsp3) is 0.588. The molecule has 0 aliphatic heterocycles. The summed E-state index contributed by atoms with van der Waals surface area (Å²) in [7, 11) is 0. The van der Waals surface area contributed by atoms with Gasteiger partial charge < -0.3 is 10.6 Å². The summed E-state index contributed by atoms with van der Waals surface area (Å²) in [5.41, 5.74) is 6.63. The second-order valence-corrected chi connectivity index (χ2v) is 6.27. The molecule has 1 aromatic rings. The minimum atomic E-state index is 0. The van der Waals surface area contributed by atoms with E-state index >= 15 is 0 Å². The zero-order valence-electron chi connectivity index (χ0n) is 13.0. The molecule has 0 atom stereocenters. The number of benzene rings is 1. The molecule has 1 aromatic carbocycles. The number of hydrogen-bond donors (Lipinski definition) is 1. The highest BCUT2D eigenvalue weighted by atomic mass is 35.5. The molecule has 0 bridgehead atoms. The first-order chi connectivity index (χ1) is 10.2. The predicted octanol–water partition coefficient (Wildman–Crippen LogP) is 4.16. The molecule has 2 rings (SSSR count). The van der Waals surface area contributed by atoms with Crippen LogP contribution in [0.15, 0.2) is 24.3 Å². The van der Waals surface area contributed by atoms with E-state index in [0.717, 1.165) is 55.7 Å². The summed E-state index contributed by atoms with van der Waals surface area (Å²) in [6.07, 6.45) is 7.22. The van der Waals surface area contributed by atoms with Crippen molar-refractivity contribution in [1.82, 2.24) is 4.90 Å². The van der Waals surface area contributed by atoms with E-state index in [2.05, 4.69) is 0 Å². The highest BCUT2D eigenvalue weighted by Crippen LogP contribution is 2.29. The van der Waals surface area contributed by atoms with Crippen LogP contribution < -0.4 is 5.73 Å². The molecule has 1 fully saturated rings. The molecule has 1 amide bonds. The van der Waals surface area contributed by atoms with Crippen LogP contribution in [0.3, 0.4) is 0 Å². The van der Waals surface area contributed by atoms with Crippen LogP contribution in [0.2, 0.25) is 5.02 Å². The molecule has 0 radical (unpaired) electrons. The fourth-order valence-electron chi connectivity index (χ4n) is 2.51. The van der Waals surface area contributed by atoms with Crippen LogP contribution in [0.4, 0.5) is 0 Å². The minimum absolute atomic E-state index is 0. The molecule has 1 aliphatic carbocycles. The molecule has 0 aromatic heterocycles. The normalized spacial score (nSPS) is 13.5. The van der Waals surface area contributed by atoms with Crippen molar-refractivity contribution in [1.29, 1.82) is 0 Å². The Balaban J connectivity index is 0.00000242. The van der Waals surface area contributed by atoms with Gasteiger partial charge in [0.15, 0.2) is 0 Å². The van der Waals surface area contributed by atoms with Gasteiger partial charge in [-0.1, -0.05) is 36.6 Å². The van der Waals surface area contributed by atoms with Crippen LogP contribution in [-0.2, 0) is 11.3 Å². The monoisotopic (exact) mass is 344 g/mol. The molecule has 1 saturated carbocycles. The lowest BCUT2D eigenvalue weighted by Crippen LogP contribution is -2.32. The van der Waals surface area contributed by atoms with Crippen LogP contribution in [-0.4, -0.2) is 23.4 Å². The summed E-state index contributed by atoms with van der Waals surface area (Å²) in [6.45, 7) is 1.46. The van der Waals surface area contributed by atoms with Crippen molar-refractivity contribution in [3.05, 3.63) is 34.9 Å². The first kappa shape index (κ1) is 19.3. The molecule has 22 heavy (non-hydrogen) atoms. The molecular weight excluding hydrogens is 319 g/mol. The second kappa shape index (κ2) is 10.1. The molecule has 5 heteroatoms. The summed E-state index contributed by atoms with van der Waals surface area (Å²) in [4.78, 5) is 14.5. The zero-order valence-corrected chi connectivity index (χ0v) is 14.5. The second-order valence-electron chi connectivity index (χ2n) is 5.83. The maximum atomic E-state index is 12.4. The summed E-state index contributed by atoms with van der Waals surface area (Å²) in [5.74, 6) is 0.292. The summed E-state index contributed by atoms with van der Waals surface area (Å²) >= 11 is 5.91. The first-order valence-corrected chi connectivity index (χ1v) is 8.32. The van der Waals surface area contributed by atoms with Crippen LogP contribution >= 0.6 is 24.0 Å². The van der Waals surface area contributed by atoms with Crippen molar-refractivity contribution in [2.45, 2.75) is 57.5 Å². The van der Waals surface area contributed by atoms with E-state index in [1.54, 1.807) is 0 Å². The number of amides is 1. The maximum Gasteiger partial charge on any atom is 0.223 e. The molecular formula is C17H26Cl2N2O. The van der Waals surface area contributed by atoms with Crippen LogP contribution in [0.5, 0.6) is 0 Å². The maximum absolute atomic E-state index is 12.4. The number of carbonyl (C=O) groups excluding carboxylic acids is 1. The van der Waals surface area contributed by atoms with Crippen molar-refractivity contribution in [2.75, 3.05) is 6.54 Å². The molecule has 2 N–H and O–H groups in total. The Labute approximate surface area is 144 Å². The van der Waals surface area contributed by atoms with E-state index in [9.17, 15) is 4.79 Å². The average Bonchev–Trinajstić information content (AvgIpc) is 3.31. The minimum Gasteiger partial charge on any atom is -0.335 e. The molecule has 124 valence electrons.